The van der Waals surface area contributed by atoms with Crippen molar-refractivity contribution < 1.29 is 14.3 Å². The monoisotopic (exact) mass is 447 g/mol. The number of halogens is 2. The fourth-order valence-electron chi connectivity index (χ4n) is 4.20. The van der Waals surface area contributed by atoms with E-state index in [1.807, 2.05) is 18.2 Å². The topological polar surface area (TPSA) is 62.8 Å². The molecule has 2 saturated heterocycles. The Morgan fingerprint density at radius 1 is 1.21 bits per heavy atom. The average molecular weight is 448 g/mol. The largest absolute Gasteiger partial charge is 0.497 e. The third-order valence-corrected chi connectivity index (χ3v) is 5.90. The molecule has 1 aromatic carbocycles. The van der Waals surface area contributed by atoms with Crippen molar-refractivity contribution >= 4 is 36.4 Å². The summed E-state index contributed by atoms with van der Waals surface area (Å²) in [7, 11) is 3.32. The van der Waals surface area contributed by atoms with Crippen LogP contribution < -0.4 is 25.0 Å². The number of carbonyl (C=O) groups excluding carboxylic acids is 1. The Morgan fingerprint density at radius 2 is 1.90 bits per heavy atom. The second-order valence-corrected chi connectivity index (χ2v) is 7.86. The van der Waals surface area contributed by atoms with Crippen LogP contribution in [0.2, 0.25) is 0 Å². The van der Waals surface area contributed by atoms with Gasteiger partial charge in [-0.05, 0) is 44.2 Å². The third-order valence-electron chi connectivity index (χ3n) is 5.90. The Hall–Kier alpha value is -1.37. The van der Waals surface area contributed by atoms with Gasteiger partial charge in [0.15, 0.2) is 0 Å². The van der Waals surface area contributed by atoms with Crippen molar-refractivity contribution in [3.8, 4) is 11.5 Å². The first kappa shape index (κ1) is 25.7. The molecule has 1 amide bonds. The maximum atomic E-state index is 12.5. The zero-order valence-electron chi connectivity index (χ0n) is 17.6. The Morgan fingerprint density at radius 3 is 2.48 bits per heavy atom. The van der Waals surface area contributed by atoms with Crippen LogP contribution in [0.3, 0.4) is 0 Å². The molecule has 1 aromatic rings. The summed E-state index contributed by atoms with van der Waals surface area (Å²) >= 11 is 0. The number of methoxy groups -OCH3 is 2. The highest BCUT2D eigenvalue weighted by Crippen LogP contribution is 2.30. The van der Waals surface area contributed by atoms with Crippen LogP contribution in [0.5, 0.6) is 11.5 Å². The molecule has 3 atom stereocenters. The van der Waals surface area contributed by atoms with Crippen molar-refractivity contribution in [2.75, 3.05) is 45.3 Å². The highest BCUT2D eigenvalue weighted by Gasteiger charge is 2.27. The molecule has 6 nitrogen and oxygen atoms in total. The van der Waals surface area contributed by atoms with Gasteiger partial charge < -0.3 is 25.0 Å². The molecule has 166 valence electrons. The van der Waals surface area contributed by atoms with Crippen LogP contribution >= 0.6 is 24.8 Å². The molecule has 0 saturated carbocycles. The van der Waals surface area contributed by atoms with Crippen LogP contribution in [0.4, 0.5) is 5.69 Å². The number of amides is 1. The van der Waals surface area contributed by atoms with Gasteiger partial charge >= 0.3 is 0 Å². The number of carbonyl (C=O) groups is 1. The zero-order chi connectivity index (χ0) is 19.2. The van der Waals surface area contributed by atoms with Gasteiger partial charge in [0, 0.05) is 49.4 Å². The van der Waals surface area contributed by atoms with E-state index in [0.29, 0.717) is 18.3 Å². The number of benzene rings is 1. The van der Waals surface area contributed by atoms with Gasteiger partial charge in [-0.3, -0.25) is 4.79 Å². The van der Waals surface area contributed by atoms with Gasteiger partial charge in [-0.25, -0.2) is 0 Å². The number of anilines is 1. The number of hydrogen-bond donors (Lipinski definition) is 2. The highest BCUT2D eigenvalue weighted by molar-refractivity contribution is 5.85. The molecule has 0 aliphatic carbocycles. The first-order valence-electron chi connectivity index (χ1n) is 10.1. The molecule has 0 radical (unpaired) electrons. The molecule has 2 aliphatic heterocycles. The van der Waals surface area contributed by atoms with Crippen LogP contribution in [0.1, 0.15) is 32.6 Å². The lowest BCUT2D eigenvalue weighted by atomic mass is 9.85. The maximum absolute atomic E-state index is 12.5. The zero-order valence-corrected chi connectivity index (χ0v) is 19.2. The lowest BCUT2D eigenvalue weighted by Gasteiger charge is -2.28. The first-order chi connectivity index (χ1) is 13.1. The molecule has 0 aromatic heterocycles. The second-order valence-electron chi connectivity index (χ2n) is 7.86. The standard InChI is InChI=1S/C21H33N3O3.2ClH/c1-15(16-5-4-7-22-13-16)9-21(25)23-17-6-8-24(14-17)18-10-19(26-2)12-20(11-18)27-3;;/h10-12,15-17,22H,4-9,13-14H2,1-3H3,(H,23,25);2*1H. The molecule has 2 N–H and O–H groups in total. The first-order valence-corrected chi connectivity index (χ1v) is 10.1. The summed E-state index contributed by atoms with van der Waals surface area (Å²) in [6.07, 6.45) is 4.04. The number of piperidine rings is 1. The van der Waals surface area contributed by atoms with Crippen LogP contribution in [-0.2, 0) is 4.79 Å². The number of nitrogens with one attached hydrogen (secondary N) is 2. The molecule has 3 unspecified atom stereocenters. The lowest BCUT2D eigenvalue weighted by Crippen LogP contribution is -2.40. The highest BCUT2D eigenvalue weighted by atomic mass is 35.5. The molecular formula is C21H35Cl2N3O3. The number of nitrogens with zero attached hydrogens (tertiary/aromatic N) is 1. The molecule has 2 aliphatic rings. The van der Waals surface area contributed by atoms with Gasteiger partial charge in [-0.15, -0.1) is 24.8 Å². The maximum Gasteiger partial charge on any atom is 0.220 e. The fourth-order valence-corrected chi connectivity index (χ4v) is 4.20. The average Bonchev–Trinajstić information content (AvgIpc) is 3.16. The van der Waals surface area contributed by atoms with Crippen molar-refractivity contribution in [1.82, 2.24) is 10.6 Å². The van der Waals surface area contributed by atoms with Crippen LogP contribution in [0.15, 0.2) is 18.2 Å². The van der Waals surface area contributed by atoms with Crippen molar-refractivity contribution in [3.05, 3.63) is 18.2 Å². The Balaban J connectivity index is 0.00000210. The van der Waals surface area contributed by atoms with E-state index < -0.39 is 0 Å². The van der Waals surface area contributed by atoms with E-state index in [2.05, 4.69) is 22.5 Å². The van der Waals surface area contributed by atoms with Gasteiger partial charge in [0.2, 0.25) is 5.91 Å². The molecule has 8 heteroatoms. The van der Waals surface area contributed by atoms with Gasteiger partial charge in [0.1, 0.15) is 11.5 Å². The van der Waals surface area contributed by atoms with Crippen molar-refractivity contribution in [2.45, 2.75) is 38.6 Å². The lowest BCUT2D eigenvalue weighted by molar-refractivity contribution is -0.122. The van der Waals surface area contributed by atoms with Crippen molar-refractivity contribution in [2.24, 2.45) is 11.8 Å². The normalized spacial score (nSPS) is 22.1. The molecule has 3 rings (SSSR count). The van der Waals surface area contributed by atoms with E-state index >= 15 is 0 Å². The molecule has 2 heterocycles. The summed E-state index contributed by atoms with van der Waals surface area (Å²) in [5.74, 6) is 2.80. The van der Waals surface area contributed by atoms with E-state index in [9.17, 15) is 4.79 Å². The molecular weight excluding hydrogens is 413 g/mol. The summed E-state index contributed by atoms with van der Waals surface area (Å²) < 4.78 is 10.7. The Labute approximate surface area is 186 Å². The Kier molecular flexibility index (Phi) is 10.9. The quantitative estimate of drug-likeness (QED) is 0.671. The number of ether oxygens (including phenoxy) is 2. The van der Waals surface area contributed by atoms with E-state index in [1.54, 1.807) is 14.2 Å². The Bertz CT molecular complexity index is 619. The van der Waals surface area contributed by atoms with Crippen molar-refractivity contribution in [3.63, 3.8) is 0 Å². The summed E-state index contributed by atoms with van der Waals surface area (Å²) in [6, 6.07) is 6.11. The SMILES string of the molecule is COc1cc(OC)cc(N2CCC(NC(=O)CC(C)C3CCCNC3)C2)c1.Cl.Cl. The molecule has 2 fully saturated rings. The molecule has 0 spiro atoms. The van der Waals surface area contributed by atoms with Gasteiger partial charge in [0.25, 0.3) is 0 Å². The fraction of sp³-hybridized carbons (Fsp3) is 0.667. The van der Waals surface area contributed by atoms with Gasteiger partial charge in [-0.1, -0.05) is 6.92 Å². The summed E-state index contributed by atoms with van der Waals surface area (Å²) in [4.78, 5) is 14.8. The number of hydrogen-bond acceptors (Lipinski definition) is 5. The predicted octanol–water partition coefficient (Wildman–Crippen LogP) is 3.27. The van der Waals surface area contributed by atoms with E-state index in [-0.39, 0.29) is 36.8 Å². The predicted molar refractivity (Wildman–Crippen MR) is 122 cm³/mol. The summed E-state index contributed by atoms with van der Waals surface area (Å²) in [5.41, 5.74) is 1.07. The van der Waals surface area contributed by atoms with E-state index in [4.69, 9.17) is 9.47 Å². The summed E-state index contributed by atoms with van der Waals surface area (Å²) in [6.45, 7) is 6.11. The van der Waals surface area contributed by atoms with Crippen LogP contribution in [-0.4, -0.2) is 52.3 Å². The van der Waals surface area contributed by atoms with E-state index in [1.165, 1.54) is 12.8 Å². The second kappa shape index (κ2) is 12.4. The smallest absolute Gasteiger partial charge is 0.220 e. The summed E-state index contributed by atoms with van der Waals surface area (Å²) in [5, 5.41) is 6.69. The number of rotatable bonds is 7. The molecule has 0 bridgehead atoms. The van der Waals surface area contributed by atoms with E-state index in [0.717, 1.165) is 49.8 Å². The molecule has 29 heavy (non-hydrogen) atoms. The minimum atomic E-state index is 0. The minimum absolute atomic E-state index is 0. The van der Waals surface area contributed by atoms with Gasteiger partial charge in [-0.2, -0.15) is 0 Å². The minimum Gasteiger partial charge on any atom is -0.497 e. The van der Waals surface area contributed by atoms with Gasteiger partial charge in [0.05, 0.1) is 14.2 Å². The van der Waals surface area contributed by atoms with Crippen LogP contribution in [0, 0.1) is 11.8 Å². The van der Waals surface area contributed by atoms with Crippen LogP contribution in [0.25, 0.3) is 0 Å². The van der Waals surface area contributed by atoms with Crippen molar-refractivity contribution in [1.29, 1.82) is 0 Å². The third kappa shape index (κ3) is 7.12.